The van der Waals surface area contributed by atoms with Crippen LogP contribution in [-0.2, 0) is 0 Å². The van der Waals surface area contributed by atoms with Crippen molar-refractivity contribution in [3.8, 4) is 0 Å². The second kappa shape index (κ2) is 2.49. The summed E-state index contributed by atoms with van der Waals surface area (Å²) in [7, 11) is 0. The van der Waals surface area contributed by atoms with E-state index in [9.17, 15) is 0 Å². The zero-order valence-electron chi connectivity index (χ0n) is 8.93. The van der Waals surface area contributed by atoms with Crippen molar-refractivity contribution >= 4 is 0 Å². The van der Waals surface area contributed by atoms with Crippen molar-refractivity contribution in [1.82, 2.24) is 0 Å². The third-order valence-corrected chi connectivity index (χ3v) is 4.77. The van der Waals surface area contributed by atoms with E-state index < -0.39 is 0 Å². The van der Waals surface area contributed by atoms with E-state index in [4.69, 9.17) is 0 Å². The molecule has 0 nitrogen and oxygen atoms in total. The molecule has 0 spiro atoms. The Morgan fingerprint density at radius 2 is 1.83 bits per heavy atom. The molecule has 3 atom stereocenters. The Balaban J connectivity index is 2.11. The molecule has 0 aromatic heterocycles. The molecule has 0 aliphatic heterocycles. The van der Waals surface area contributed by atoms with Crippen molar-refractivity contribution in [3.05, 3.63) is 0 Å². The molecule has 0 saturated heterocycles. The topological polar surface area (TPSA) is 0 Å². The molecular formula is C12H22. The highest BCUT2D eigenvalue weighted by Crippen LogP contribution is 2.62. The van der Waals surface area contributed by atoms with Gasteiger partial charge in [0.15, 0.2) is 0 Å². The van der Waals surface area contributed by atoms with Gasteiger partial charge in [-0.05, 0) is 48.3 Å². The predicted molar refractivity (Wildman–Crippen MR) is 52.9 cm³/mol. The van der Waals surface area contributed by atoms with Crippen molar-refractivity contribution in [1.29, 1.82) is 0 Å². The molecule has 0 aromatic carbocycles. The summed E-state index contributed by atoms with van der Waals surface area (Å²) < 4.78 is 0. The summed E-state index contributed by atoms with van der Waals surface area (Å²) in [5.74, 6) is 4.06. The fourth-order valence-electron chi connectivity index (χ4n) is 3.67. The molecule has 0 radical (unpaired) electrons. The molecule has 2 bridgehead atoms. The minimum Gasteiger partial charge on any atom is -0.0625 e. The lowest BCUT2D eigenvalue weighted by Crippen LogP contribution is -2.53. The molecule has 3 aliphatic carbocycles. The molecule has 3 rings (SSSR count). The van der Waals surface area contributed by atoms with Gasteiger partial charge in [-0.1, -0.05) is 27.7 Å². The Bertz CT molecular complexity index is 174. The van der Waals surface area contributed by atoms with E-state index in [1.165, 1.54) is 19.3 Å². The molecule has 3 aliphatic rings. The minimum atomic E-state index is 0.688. The van der Waals surface area contributed by atoms with Gasteiger partial charge in [0.1, 0.15) is 0 Å². The van der Waals surface area contributed by atoms with Crippen LogP contribution in [0.5, 0.6) is 0 Å². The maximum absolute atomic E-state index is 2.49. The summed E-state index contributed by atoms with van der Waals surface area (Å²) in [4.78, 5) is 0. The van der Waals surface area contributed by atoms with Gasteiger partial charge in [0.2, 0.25) is 0 Å². The van der Waals surface area contributed by atoms with E-state index in [1.807, 2.05) is 0 Å². The highest BCUT2D eigenvalue weighted by atomic mass is 14.6. The molecule has 70 valence electrons. The Morgan fingerprint density at radius 3 is 2.17 bits per heavy atom. The van der Waals surface area contributed by atoms with Crippen molar-refractivity contribution in [3.63, 3.8) is 0 Å². The summed E-state index contributed by atoms with van der Waals surface area (Å²) in [5, 5.41) is 0. The van der Waals surface area contributed by atoms with Gasteiger partial charge in [-0.15, -0.1) is 0 Å². The van der Waals surface area contributed by atoms with Crippen LogP contribution in [-0.4, -0.2) is 0 Å². The van der Waals surface area contributed by atoms with Crippen LogP contribution >= 0.6 is 0 Å². The largest absolute Gasteiger partial charge is 0.0625 e. The normalized spacial score (nSPS) is 44.2. The van der Waals surface area contributed by atoms with E-state index in [0.717, 1.165) is 23.7 Å². The molecule has 0 aromatic rings. The summed E-state index contributed by atoms with van der Waals surface area (Å²) in [6.07, 6.45) is 4.55. The molecule has 0 heteroatoms. The fraction of sp³-hybridized carbons (Fsp3) is 1.00. The van der Waals surface area contributed by atoms with Crippen LogP contribution in [0.25, 0.3) is 0 Å². The summed E-state index contributed by atoms with van der Waals surface area (Å²) in [6.45, 7) is 9.78. The first-order valence-corrected chi connectivity index (χ1v) is 5.53. The highest BCUT2D eigenvalue weighted by Gasteiger charge is 2.54. The third kappa shape index (κ3) is 0.963. The maximum Gasteiger partial charge on any atom is -0.0295 e. The van der Waals surface area contributed by atoms with Crippen LogP contribution in [0.15, 0.2) is 0 Å². The van der Waals surface area contributed by atoms with Crippen LogP contribution < -0.4 is 0 Å². The van der Waals surface area contributed by atoms with E-state index in [1.54, 1.807) is 0 Å². The molecule has 12 heavy (non-hydrogen) atoms. The highest BCUT2D eigenvalue weighted by molar-refractivity contribution is 5.03. The summed E-state index contributed by atoms with van der Waals surface area (Å²) >= 11 is 0. The lowest BCUT2D eigenvalue weighted by Gasteiger charge is -2.61. The Hall–Kier alpha value is 0. The van der Waals surface area contributed by atoms with Crippen LogP contribution in [0.4, 0.5) is 0 Å². The smallest absolute Gasteiger partial charge is 0.0295 e. The summed E-state index contributed by atoms with van der Waals surface area (Å²) in [5.41, 5.74) is 0.688. The SMILES string of the molecule is CC(C)[C@@H]1CC[C@@H]2C[C@H]1C2(C)C. The Kier molecular flexibility index (Phi) is 1.79. The maximum atomic E-state index is 2.49. The second-order valence-corrected chi connectivity index (χ2v) is 5.85. The standard InChI is InChI=1S/C12H22/c1-8(2)10-6-5-9-7-11(10)12(9,3)4/h8-11H,5-7H2,1-4H3/t9-,10+,11-/m1/s1. The van der Waals surface area contributed by atoms with Crippen molar-refractivity contribution in [2.24, 2.45) is 29.1 Å². The zero-order valence-corrected chi connectivity index (χ0v) is 8.93. The first kappa shape index (κ1) is 8.59. The number of hydrogen-bond donors (Lipinski definition) is 0. The average molecular weight is 166 g/mol. The number of fused-ring (bicyclic) bond motifs is 2. The zero-order chi connectivity index (χ0) is 8.93. The van der Waals surface area contributed by atoms with Gasteiger partial charge in [0, 0.05) is 0 Å². The molecular weight excluding hydrogens is 144 g/mol. The predicted octanol–water partition coefficient (Wildman–Crippen LogP) is 3.71. The van der Waals surface area contributed by atoms with Crippen molar-refractivity contribution in [2.75, 3.05) is 0 Å². The van der Waals surface area contributed by atoms with Crippen molar-refractivity contribution < 1.29 is 0 Å². The van der Waals surface area contributed by atoms with Crippen LogP contribution in [0.2, 0.25) is 0 Å². The Morgan fingerprint density at radius 1 is 1.17 bits per heavy atom. The van der Waals surface area contributed by atoms with Crippen LogP contribution in [0, 0.1) is 29.1 Å². The van der Waals surface area contributed by atoms with E-state index in [-0.39, 0.29) is 0 Å². The lowest BCUT2D eigenvalue weighted by atomic mass is 9.44. The van der Waals surface area contributed by atoms with Gasteiger partial charge in [-0.2, -0.15) is 0 Å². The molecule has 0 amide bonds. The van der Waals surface area contributed by atoms with E-state index >= 15 is 0 Å². The Labute approximate surface area is 76.7 Å². The molecule has 3 saturated carbocycles. The first-order chi connectivity index (χ1) is 5.53. The fourth-order valence-corrected chi connectivity index (χ4v) is 3.67. The number of rotatable bonds is 1. The van der Waals surface area contributed by atoms with Gasteiger partial charge >= 0.3 is 0 Å². The number of hydrogen-bond acceptors (Lipinski definition) is 0. The molecule has 0 N–H and O–H groups in total. The molecule has 0 heterocycles. The minimum absolute atomic E-state index is 0.688. The van der Waals surface area contributed by atoms with Gasteiger partial charge < -0.3 is 0 Å². The molecule has 0 unspecified atom stereocenters. The van der Waals surface area contributed by atoms with E-state index in [0.29, 0.717) is 5.41 Å². The van der Waals surface area contributed by atoms with Crippen molar-refractivity contribution in [2.45, 2.75) is 47.0 Å². The lowest BCUT2D eigenvalue weighted by molar-refractivity contribution is -0.117. The first-order valence-electron chi connectivity index (χ1n) is 5.53. The summed E-state index contributed by atoms with van der Waals surface area (Å²) in [6, 6.07) is 0. The van der Waals surface area contributed by atoms with Gasteiger partial charge in [-0.25, -0.2) is 0 Å². The van der Waals surface area contributed by atoms with Gasteiger partial charge in [0.05, 0.1) is 0 Å². The van der Waals surface area contributed by atoms with Crippen LogP contribution in [0.3, 0.4) is 0 Å². The monoisotopic (exact) mass is 166 g/mol. The average Bonchev–Trinajstić information content (AvgIpc) is 2.04. The third-order valence-electron chi connectivity index (χ3n) is 4.77. The van der Waals surface area contributed by atoms with Crippen LogP contribution in [0.1, 0.15) is 47.0 Å². The van der Waals surface area contributed by atoms with Gasteiger partial charge in [-0.3, -0.25) is 0 Å². The quantitative estimate of drug-likeness (QED) is 0.557. The second-order valence-electron chi connectivity index (χ2n) is 5.85. The molecule has 3 fully saturated rings. The van der Waals surface area contributed by atoms with Gasteiger partial charge in [0.25, 0.3) is 0 Å². The van der Waals surface area contributed by atoms with E-state index in [2.05, 4.69) is 27.7 Å².